The highest BCUT2D eigenvalue weighted by Gasteiger charge is 2.16. The van der Waals surface area contributed by atoms with Gasteiger partial charge in [0.1, 0.15) is 5.52 Å². The summed E-state index contributed by atoms with van der Waals surface area (Å²) >= 11 is 5.98. The second kappa shape index (κ2) is 7.05. The molecule has 0 saturated heterocycles. The molecule has 7 heteroatoms. The number of nitrogens with one attached hydrogen (secondary N) is 1. The van der Waals surface area contributed by atoms with Crippen molar-refractivity contribution in [3.63, 3.8) is 0 Å². The minimum absolute atomic E-state index is 0.0154. The van der Waals surface area contributed by atoms with Crippen molar-refractivity contribution < 1.29 is 18.0 Å². The molecule has 28 heavy (non-hydrogen) atoms. The van der Waals surface area contributed by atoms with Gasteiger partial charge in [-0.05, 0) is 49.4 Å². The smallest absolute Gasteiger partial charge is 0.255 e. The monoisotopic (exact) mass is 398 g/mol. The minimum Gasteiger partial charge on any atom is -0.436 e. The molecule has 4 nitrogen and oxygen atoms in total. The summed E-state index contributed by atoms with van der Waals surface area (Å²) in [7, 11) is 0. The van der Waals surface area contributed by atoms with Crippen LogP contribution in [0.15, 0.2) is 59.0 Å². The van der Waals surface area contributed by atoms with Crippen LogP contribution in [0.1, 0.15) is 15.9 Å². The van der Waals surface area contributed by atoms with Gasteiger partial charge in [-0.25, -0.2) is 13.8 Å². The molecule has 0 radical (unpaired) electrons. The number of aryl methyl sites for hydroxylation is 1. The topological polar surface area (TPSA) is 55.1 Å². The Labute approximate surface area is 163 Å². The number of oxazole rings is 1. The summed E-state index contributed by atoms with van der Waals surface area (Å²) in [5.74, 6) is -2.30. The van der Waals surface area contributed by atoms with Gasteiger partial charge in [-0.3, -0.25) is 4.79 Å². The Hall–Kier alpha value is -3.25. The number of benzene rings is 3. The summed E-state index contributed by atoms with van der Waals surface area (Å²) < 4.78 is 32.4. The molecule has 0 saturated carbocycles. The number of halogens is 3. The van der Waals surface area contributed by atoms with E-state index in [0.717, 1.165) is 17.7 Å². The largest absolute Gasteiger partial charge is 0.436 e. The van der Waals surface area contributed by atoms with Gasteiger partial charge in [0.15, 0.2) is 17.2 Å². The lowest BCUT2D eigenvalue weighted by atomic mass is 10.1. The van der Waals surface area contributed by atoms with E-state index in [1.54, 1.807) is 30.3 Å². The average molecular weight is 399 g/mol. The highest BCUT2D eigenvalue weighted by Crippen LogP contribution is 2.32. The summed E-state index contributed by atoms with van der Waals surface area (Å²) in [6.45, 7) is 1.94. The highest BCUT2D eigenvalue weighted by molar-refractivity contribution is 6.33. The molecule has 1 aromatic heterocycles. The Morgan fingerprint density at radius 2 is 1.75 bits per heavy atom. The van der Waals surface area contributed by atoms with E-state index in [9.17, 15) is 13.6 Å². The molecule has 0 fully saturated rings. The number of anilines is 1. The molecule has 0 aliphatic carbocycles. The molecule has 140 valence electrons. The zero-order chi connectivity index (χ0) is 19.8. The van der Waals surface area contributed by atoms with E-state index in [1.807, 2.05) is 19.1 Å². The molecule has 1 amide bonds. The number of hydrogen-bond acceptors (Lipinski definition) is 3. The van der Waals surface area contributed by atoms with Gasteiger partial charge >= 0.3 is 0 Å². The molecule has 1 heterocycles. The van der Waals surface area contributed by atoms with Gasteiger partial charge in [-0.15, -0.1) is 0 Å². The molecule has 0 aliphatic rings. The predicted octanol–water partition coefficient (Wildman–Crippen LogP) is 5.99. The standard InChI is InChI=1S/C21H13ClF2N2O2/c1-11-2-4-12(5-3-11)20(27)25-13-6-7-19-18(8-13)26-21(28-19)14-9-16(23)17(24)10-15(14)22/h2-10H,1H3,(H,25,27). The maximum absolute atomic E-state index is 13.5. The summed E-state index contributed by atoms with van der Waals surface area (Å²) in [5, 5.41) is 2.78. The van der Waals surface area contributed by atoms with E-state index >= 15 is 0 Å². The molecule has 4 aromatic rings. The van der Waals surface area contributed by atoms with Crippen molar-refractivity contribution >= 4 is 34.3 Å². The predicted molar refractivity (Wildman–Crippen MR) is 104 cm³/mol. The van der Waals surface area contributed by atoms with Gasteiger partial charge < -0.3 is 9.73 Å². The van der Waals surface area contributed by atoms with E-state index < -0.39 is 11.6 Å². The third-order valence-electron chi connectivity index (χ3n) is 4.20. The van der Waals surface area contributed by atoms with Crippen LogP contribution in [0, 0.1) is 18.6 Å². The van der Waals surface area contributed by atoms with Gasteiger partial charge in [-0.1, -0.05) is 29.3 Å². The fourth-order valence-electron chi connectivity index (χ4n) is 2.72. The maximum Gasteiger partial charge on any atom is 0.255 e. The van der Waals surface area contributed by atoms with E-state index in [-0.39, 0.29) is 22.4 Å². The molecule has 3 aromatic carbocycles. The van der Waals surface area contributed by atoms with Gasteiger partial charge in [0, 0.05) is 11.3 Å². The van der Waals surface area contributed by atoms with Crippen molar-refractivity contribution in [2.75, 3.05) is 5.32 Å². The van der Waals surface area contributed by atoms with Crippen LogP contribution in [0.3, 0.4) is 0 Å². The molecule has 1 N–H and O–H groups in total. The van der Waals surface area contributed by atoms with Crippen molar-refractivity contribution in [3.05, 3.63) is 82.4 Å². The maximum atomic E-state index is 13.5. The second-order valence-corrected chi connectivity index (χ2v) is 6.68. The third kappa shape index (κ3) is 3.46. The Kier molecular flexibility index (Phi) is 4.57. The Morgan fingerprint density at radius 1 is 1.04 bits per heavy atom. The first-order valence-electron chi connectivity index (χ1n) is 8.34. The van der Waals surface area contributed by atoms with Crippen molar-refractivity contribution in [1.29, 1.82) is 0 Å². The number of aromatic nitrogens is 1. The van der Waals surface area contributed by atoms with Crippen LogP contribution < -0.4 is 5.32 Å². The summed E-state index contributed by atoms with van der Waals surface area (Å²) in [4.78, 5) is 16.6. The normalized spacial score (nSPS) is 11.0. The van der Waals surface area contributed by atoms with E-state index in [4.69, 9.17) is 16.0 Å². The van der Waals surface area contributed by atoms with Crippen molar-refractivity contribution in [2.45, 2.75) is 6.92 Å². The molecule has 0 spiro atoms. The fraction of sp³-hybridized carbons (Fsp3) is 0.0476. The zero-order valence-electron chi connectivity index (χ0n) is 14.6. The van der Waals surface area contributed by atoms with Gasteiger partial charge in [0.2, 0.25) is 5.89 Å². The van der Waals surface area contributed by atoms with Crippen molar-refractivity contribution in [3.8, 4) is 11.5 Å². The average Bonchev–Trinajstić information content (AvgIpc) is 3.08. The lowest BCUT2D eigenvalue weighted by molar-refractivity contribution is 0.102. The lowest BCUT2D eigenvalue weighted by Gasteiger charge is -2.05. The molecule has 0 unspecified atom stereocenters. The van der Waals surface area contributed by atoms with Crippen LogP contribution in [-0.4, -0.2) is 10.9 Å². The molecule has 0 aliphatic heterocycles. The zero-order valence-corrected chi connectivity index (χ0v) is 15.3. The van der Waals surface area contributed by atoms with Crippen LogP contribution in [0.4, 0.5) is 14.5 Å². The summed E-state index contributed by atoms with van der Waals surface area (Å²) in [5.41, 5.74) is 3.11. The first-order chi connectivity index (χ1) is 13.4. The Bertz CT molecular complexity index is 1200. The lowest BCUT2D eigenvalue weighted by Crippen LogP contribution is -2.11. The summed E-state index contributed by atoms with van der Waals surface area (Å²) in [6.07, 6.45) is 0. The number of hydrogen-bond donors (Lipinski definition) is 1. The second-order valence-electron chi connectivity index (χ2n) is 6.27. The number of carbonyl (C=O) groups is 1. The van der Waals surface area contributed by atoms with Crippen LogP contribution in [0.5, 0.6) is 0 Å². The van der Waals surface area contributed by atoms with E-state index in [0.29, 0.717) is 22.4 Å². The molecule has 0 atom stereocenters. The van der Waals surface area contributed by atoms with Crippen LogP contribution in [-0.2, 0) is 0 Å². The highest BCUT2D eigenvalue weighted by atomic mass is 35.5. The quantitative estimate of drug-likeness (QED) is 0.431. The Balaban J connectivity index is 1.64. The molecule has 4 rings (SSSR count). The van der Waals surface area contributed by atoms with Crippen LogP contribution in [0.2, 0.25) is 5.02 Å². The molecular weight excluding hydrogens is 386 g/mol. The first kappa shape index (κ1) is 18.1. The van der Waals surface area contributed by atoms with Gasteiger partial charge in [-0.2, -0.15) is 0 Å². The van der Waals surface area contributed by atoms with Gasteiger partial charge in [0.25, 0.3) is 5.91 Å². The van der Waals surface area contributed by atoms with Gasteiger partial charge in [0.05, 0.1) is 10.6 Å². The minimum atomic E-state index is -1.05. The van der Waals surface area contributed by atoms with Crippen LogP contribution in [0.25, 0.3) is 22.6 Å². The Morgan fingerprint density at radius 3 is 2.50 bits per heavy atom. The number of carbonyl (C=O) groups excluding carboxylic acids is 1. The third-order valence-corrected chi connectivity index (χ3v) is 4.51. The fourth-order valence-corrected chi connectivity index (χ4v) is 2.95. The van der Waals surface area contributed by atoms with Crippen molar-refractivity contribution in [2.24, 2.45) is 0 Å². The SMILES string of the molecule is Cc1ccc(C(=O)Nc2ccc3oc(-c4cc(F)c(F)cc4Cl)nc3c2)cc1. The molecular formula is C21H13ClF2N2O2. The number of amides is 1. The first-order valence-corrected chi connectivity index (χ1v) is 8.72. The number of fused-ring (bicyclic) bond motifs is 1. The number of nitrogens with zero attached hydrogens (tertiary/aromatic N) is 1. The van der Waals surface area contributed by atoms with E-state index in [2.05, 4.69) is 10.3 Å². The van der Waals surface area contributed by atoms with Crippen molar-refractivity contribution in [1.82, 2.24) is 4.98 Å². The number of rotatable bonds is 3. The van der Waals surface area contributed by atoms with E-state index in [1.165, 1.54) is 0 Å². The molecule has 0 bridgehead atoms. The van der Waals surface area contributed by atoms with Crippen LogP contribution >= 0.6 is 11.6 Å². The summed E-state index contributed by atoms with van der Waals surface area (Å²) in [6, 6.07) is 13.9.